The molecule has 4 heteroatoms. The van der Waals surface area contributed by atoms with Crippen LogP contribution in [-0.4, -0.2) is 10.4 Å². The molecule has 0 saturated carbocycles. The summed E-state index contributed by atoms with van der Waals surface area (Å²) in [6, 6.07) is 9.29. The van der Waals surface area contributed by atoms with Crippen LogP contribution < -0.4 is 21.5 Å². The van der Waals surface area contributed by atoms with Crippen molar-refractivity contribution in [1.82, 2.24) is 4.57 Å². The minimum absolute atomic E-state index is 0. The molecule has 0 aliphatic carbocycles. The van der Waals surface area contributed by atoms with Gasteiger partial charge in [-0.05, 0) is 0 Å². The second-order valence-corrected chi connectivity index (χ2v) is 3.50. The zero-order valence-corrected chi connectivity index (χ0v) is 10.9. The predicted octanol–water partition coefficient (Wildman–Crippen LogP) is -1.24. The summed E-state index contributed by atoms with van der Waals surface area (Å²) in [5.74, 6) is 0.104. The number of hydrogen-bond donors (Lipinski definition) is 0. The summed E-state index contributed by atoms with van der Waals surface area (Å²) in [7, 11) is 0. The van der Waals surface area contributed by atoms with Crippen LogP contribution in [0.25, 0.3) is 6.20 Å². The number of ketones is 1. The molecule has 0 unspecified atom stereocenters. The summed E-state index contributed by atoms with van der Waals surface area (Å²) in [6.45, 7) is 4.00. The highest BCUT2D eigenvalue weighted by atomic mass is 79.9. The molecule has 0 amide bonds. The van der Waals surface area contributed by atoms with E-state index < -0.39 is 0 Å². The topological polar surface area (TPSA) is 25.9 Å². The second kappa shape index (κ2) is 6.15. The van der Waals surface area contributed by atoms with Gasteiger partial charge in [-0.2, -0.15) is 0 Å². The van der Waals surface area contributed by atoms with E-state index in [4.69, 9.17) is 0 Å². The van der Waals surface area contributed by atoms with E-state index in [9.17, 15) is 4.79 Å². The molecule has 0 bridgehead atoms. The SMILES string of the molecule is C=Cn1cc[n+](CC(=O)c2ccccc2)c1.[Br-]. The van der Waals surface area contributed by atoms with E-state index in [-0.39, 0.29) is 22.8 Å². The average molecular weight is 293 g/mol. The third-order valence-corrected chi connectivity index (χ3v) is 2.34. The number of carbonyl (C=O) groups excluding carboxylic acids is 1. The van der Waals surface area contributed by atoms with Crippen molar-refractivity contribution in [3.8, 4) is 0 Å². The summed E-state index contributed by atoms with van der Waals surface area (Å²) in [5.41, 5.74) is 0.737. The van der Waals surface area contributed by atoms with Crippen molar-refractivity contribution in [1.29, 1.82) is 0 Å². The van der Waals surface area contributed by atoms with E-state index in [1.807, 2.05) is 53.6 Å². The van der Waals surface area contributed by atoms with Crippen LogP contribution in [0.1, 0.15) is 10.4 Å². The van der Waals surface area contributed by atoms with E-state index in [2.05, 4.69) is 6.58 Å². The monoisotopic (exact) mass is 292 g/mol. The third-order valence-electron chi connectivity index (χ3n) is 2.34. The molecule has 1 aromatic heterocycles. The van der Waals surface area contributed by atoms with Gasteiger partial charge in [-0.15, -0.1) is 0 Å². The minimum Gasteiger partial charge on any atom is -1.00 e. The van der Waals surface area contributed by atoms with Crippen LogP contribution in [0.3, 0.4) is 0 Å². The summed E-state index contributed by atoms with van der Waals surface area (Å²) < 4.78 is 3.63. The van der Waals surface area contributed by atoms with Gasteiger partial charge in [-0.25, -0.2) is 9.13 Å². The molecule has 0 saturated heterocycles. The Morgan fingerprint density at radius 1 is 1.35 bits per heavy atom. The molecule has 1 aromatic carbocycles. The number of hydrogen-bond acceptors (Lipinski definition) is 1. The number of nitrogens with zero attached hydrogens (tertiary/aromatic N) is 2. The van der Waals surface area contributed by atoms with Crippen molar-refractivity contribution in [2.75, 3.05) is 0 Å². The summed E-state index contributed by atoms with van der Waals surface area (Å²) in [5, 5.41) is 0. The molecule has 0 aliphatic rings. The Bertz CT molecular complexity index is 505. The zero-order valence-electron chi connectivity index (χ0n) is 9.29. The van der Waals surface area contributed by atoms with Crippen molar-refractivity contribution >= 4 is 12.0 Å². The predicted molar refractivity (Wildman–Crippen MR) is 61.8 cm³/mol. The lowest BCUT2D eigenvalue weighted by Crippen LogP contribution is -3.00. The lowest BCUT2D eigenvalue weighted by atomic mass is 10.1. The molecule has 0 spiro atoms. The number of carbonyl (C=O) groups is 1. The average Bonchev–Trinajstić information content (AvgIpc) is 2.78. The molecule has 0 fully saturated rings. The largest absolute Gasteiger partial charge is 1.00 e. The van der Waals surface area contributed by atoms with E-state index in [0.29, 0.717) is 6.54 Å². The van der Waals surface area contributed by atoms with Gasteiger partial charge < -0.3 is 17.0 Å². The summed E-state index contributed by atoms with van der Waals surface area (Å²) >= 11 is 0. The van der Waals surface area contributed by atoms with Gasteiger partial charge in [0.1, 0.15) is 12.4 Å². The lowest BCUT2D eigenvalue weighted by molar-refractivity contribution is -0.682. The van der Waals surface area contributed by atoms with Crippen molar-refractivity contribution in [3.05, 3.63) is 61.2 Å². The molecule has 2 rings (SSSR count). The summed E-state index contributed by atoms with van der Waals surface area (Å²) in [6.07, 6.45) is 7.21. The molecule has 0 aliphatic heterocycles. The molecule has 3 nitrogen and oxygen atoms in total. The molecule has 0 atom stereocenters. The maximum absolute atomic E-state index is 11.9. The number of imidazole rings is 1. The molecule has 2 aromatic rings. The van der Waals surface area contributed by atoms with Gasteiger partial charge >= 0.3 is 0 Å². The lowest BCUT2D eigenvalue weighted by Gasteiger charge is -1.97. The fourth-order valence-corrected chi connectivity index (χ4v) is 1.49. The molecular weight excluding hydrogens is 280 g/mol. The van der Waals surface area contributed by atoms with Crippen LogP contribution in [0.4, 0.5) is 0 Å². The molecule has 0 radical (unpaired) electrons. The van der Waals surface area contributed by atoms with E-state index in [1.54, 1.807) is 10.8 Å². The van der Waals surface area contributed by atoms with Crippen LogP contribution in [0.2, 0.25) is 0 Å². The van der Waals surface area contributed by atoms with Crippen molar-refractivity contribution in [2.24, 2.45) is 0 Å². The molecule has 1 heterocycles. The first-order valence-electron chi connectivity index (χ1n) is 5.07. The van der Waals surface area contributed by atoms with Gasteiger partial charge in [0.2, 0.25) is 12.1 Å². The number of Topliss-reactive ketones (excluding diaryl/α,β-unsaturated/α-hetero) is 1. The fraction of sp³-hybridized carbons (Fsp3) is 0.0769. The minimum atomic E-state index is 0. The highest BCUT2D eigenvalue weighted by Crippen LogP contribution is 1.99. The first kappa shape index (κ1) is 13.4. The normalized spacial score (nSPS) is 9.41. The van der Waals surface area contributed by atoms with E-state index in [1.165, 1.54) is 0 Å². The maximum atomic E-state index is 11.9. The Morgan fingerprint density at radius 3 is 2.65 bits per heavy atom. The van der Waals surface area contributed by atoms with Crippen LogP contribution in [0, 0.1) is 0 Å². The molecule has 0 N–H and O–H groups in total. The van der Waals surface area contributed by atoms with Crippen molar-refractivity contribution < 1.29 is 26.3 Å². The number of benzene rings is 1. The van der Waals surface area contributed by atoms with Crippen molar-refractivity contribution in [2.45, 2.75) is 6.54 Å². The van der Waals surface area contributed by atoms with Gasteiger partial charge in [0.25, 0.3) is 0 Å². The first-order chi connectivity index (χ1) is 7.79. The van der Waals surface area contributed by atoms with Crippen molar-refractivity contribution in [3.63, 3.8) is 0 Å². The van der Waals surface area contributed by atoms with Gasteiger partial charge in [-0.1, -0.05) is 36.9 Å². The fourth-order valence-electron chi connectivity index (χ4n) is 1.49. The highest BCUT2D eigenvalue weighted by molar-refractivity contribution is 5.94. The van der Waals surface area contributed by atoms with Crippen LogP contribution >= 0.6 is 0 Å². The van der Waals surface area contributed by atoms with E-state index in [0.717, 1.165) is 5.56 Å². The maximum Gasteiger partial charge on any atom is 0.248 e. The van der Waals surface area contributed by atoms with Gasteiger partial charge in [0.15, 0.2) is 6.54 Å². The van der Waals surface area contributed by atoms with E-state index >= 15 is 0 Å². The Kier molecular flexibility index (Phi) is 4.84. The van der Waals surface area contributed by atoms with Gasteiger partial charge in [0.05, 0.1) is 6.20 Å². The number of aromatic nitrogens is 2. The van der Waals surface area contributed by atoms with Crippen LogP contribution in [0.5, 0.6) is 0 Å². The third kappa shape index (κ3) is 3.39. The van der Waals surface area contributed by atoms with Crippen LogP contribution in [0.15, 0.2) is 55.6 Å². The summed E-state index contributed by atoms with van der Waals surface area (Å²) in [4.78, 5) is 11.9. The standard InChI is InChI=1S/C13H13N2O.BrH/c1-2-14-8-9-15(11-14)10-13(16)12-6-4-3-5-7-12;/h2-9,11H,1,10H2;1H/q+1;/p-1. The first-order valence-corrected chi connectivity index (χ1v) is 5.07. The van der Waals surface area contributed by atoms with Gasteiger partial charge in [-0.3, -0.25) is 4.79 Å². The Labute approximate surface area is 111 Å². The smallest absolute Gasteiger partial charge is 0.248 e. The quantitative estimate of drug-likeness (QED) is 0.512. The zero-order chi connectivity index (χ0) is 11.4. The Hall–Kier alpha value is -1.68. The Balaban J connectivity index is 0.00000144. The second-order valence-electron chi connectivity index (χ2n) is 3.50. The highest BCUT2D eigenvalue weighted by Gasteiger charge is 2.09. The van der Waals surface area contributed by atoms with Crippen LogP contribution in [-0.2, 0) is 6.54 Å². The number of rotatable bonds is 4. The molecule has 88 valence electrons. The van der Waals surface area contributed by atoms with Gasteiger partial charge in [0, 0.05) is 5.56 Å². The molecule has 17 heavy (non-hydrogen) atoms. The molecular formula is C13H13BrN2O. The number of halogens is 1. The Morgan fingerprint density at radius 2 is 2.06 bits per heavy atom.